The molecule has 1 aromatic heterocycles. The van der Waals surface area contributed by atoms with Gasteiger partial charge in [0.25, 0.3) is 5.91 Å². The summed E-state index contributed by atoms with van der Waals surface area (Å²) in [7, 11) is -2.38. The first-order valence-corrected chi connectivity index (χ1v) is 13.6. The molecule has 1 atom stereocenters. The number of aromatic nitrogens is 2. The molecule has 3 aromatic rings. The molecule has 13 nitrogen and oxygen atoms in total. The number of carboxylic acid groups (broad SMARTS) is 2. The zero-order valence-corrected chi connectivity index (χ0v) is 22.0. The molecule has 2 aromatic carbocycles. The lowest BCUT2D eigenvalue weighted by Crippen LogP contribution is -2.43. The highest BCUT2D eigenvalue weighted by atomic mass is 32.2. The van der Waals surface area contributed by atoms with Crippen LogP contribution >= 0.6 is 11.8 Å². The van der Waals surface area contributed by atoms with Gasteiger partial charge in [-0.25, -0.2) is 22.9 Å². The van der Waals surface area contributed by atoms with Gasteiger partial charge in [-0.2, -0.15) is 0 Å². The fourth-order valence-corrected chi connectivity index (χ4v) is 5.19. The summed E-state index contributed by atoms with van der Waals surface area (Å²) in [4.78, 5) is 51.5. The first-order valence-electron chi connectivity index (χ1n) is 11.2. The quantitative estimate of drug-likeness (QED) is 0.183. The average molecular weight is 577 g/mol. The Morgan fingerprint density at radius 2 is 1.77 bits per heavy atom. The molecule has 0 radical (unpaired) electrons. The first kappa shape index (κ1) is 29.3. The van der Waals surface area contributed by atoms with Crippen LogP contribution in [0.15, 0.2) is 64.9 Å². The molecule has 39 heavy (non-hydrogen) atoms. The first-order chi connectivity index (χ1) is 18.4. The predicted molar refractivity (Wildman–Crippen MR) is 138 cm³/mol. The molecular weight excluding hydrogens is 552 g/mol. The molecule has 3 rings (SSSR count). The molecule has 0 saturated carbocycles. The number of sulfonamides is 1. The number of rotatable bonds is 13. The van der Waals surface area contributed by atoms with Crippen molar-refractivity contribution in [1.82, 2.24) is 19.6 Å². The van der Waals surface area contributed by atoms with E-state index in [1.54, 1.807) is 24.0 Å². The third kappa shape index (κ3) is 7.89. The Kier molecular flexibility index (Phi) is 9.45. The highest BCUT2D eigenvalue weighted by Gasteiger charge is 2.25. The van der Waals surface area contributed by atoms with Crippen molar-refractivity contribution >= 4 is 45.4 Å². The van der Waals surface area contributed by atoms with Crippen molar-refractivity contribution in [3.8, 4) is 5.75 Å². The van der Waals surface area contributed by atoms with Gasteiger partial charge in [-0.15, -0.1) is 0 Å². The number of carbonyl (C=O) groups is 4. The standard InChI is InChI=1S/C24H24N4O9S2/c1-28-9-8-25-24(28)38-13-20(30)18(11-21(31)32)27-22(33)15-4-2-14(3-5-15)12-26-39(36,37)16-6-7-19(29)17(10-16)23(34)35/h2-10,18,26,29H,11-13H2,1H3,(H,27,33)(H,31,32)(H,34,35)/t18-/m0/s1. The van der Waals surface area contributed by atoms with Crippen molar-refractivity contribution in [3.63, 3.8) is 0 Å². The van der Waals surface area contributed by atoms with Gasteiger partial charge < -0.3 is 25.2 Å². The largest absolute Gasteiger partial charge is 0.507 e. The maximum atomic E-state index is 12.7. The van der Waals surface area contributed by atoms with Gasteiger partial charge in [-0.1, -0.05) is 23.9 Å². The van der Waals surface area contributed by atoms with Crippen molar-refractivity contribution in [2.45, 2.75) is 29.1 Å². The Balaban J connectivity index is 1.62. The maximum absolute atomic E-state index is 12.7. The van der Waals surface area contributed by atoms with Crippen LogP contribution in [0.3, 0.4) is 0 Å². The maximum Gasteiger partial charge on any atom is 0.339 e. The third-order valence-corrected chi connectivity index (χ3v) is 7.86. The number of aryl methyl sites for hydroxylation is 1. The minimum atomic E-state index is -4.12. The molecule has 1 amide bonds. The summed E-state index contributed by atoms with van der Waals surface area (Å²) in [6.07, 6.45) is 2.65. The Hall–Kier alpha value is -4.21. The zero-order valence-electron chi connectivity index (χ0n) is 20.4. The second-order valence-electron chi connectivity index (χ2n) is 8.21. The van der Waals surface area contributed by atoms with E-state index in [1.165, 1.54) is 24.3 Å². The number of nitrogens with one attached hydrogen (secondary N) is 2. The number of amides is 1. The lowest BCUT2D eigenvalue weighted by molar-refractivity contribution is -0.139. The smallest absolute Gasteiger partial charge is 0.339 e. The molecule has 5 N–H and O–H groups in total. The van der Waals surface area contributed by atoms with Crippen LogP contribution in [0, 0.1) is 0 Å². The summed E-state index contributed by atoms with van der Waals surface area (Å²) < 4.78 is 29.1. The summed E-state index contributed by atoms with van der Waals surface area (Å²) in [6, 6.07) is 7.27. The topological polar surface area (TPSA) is 205 Å². The van der Waals surface area contributed by atoms with Gasteiger partial charge in [-0.05, 0) is 35.9 Å². The van der Waals surface area contributed by atoms with Gasteiger partial charge in [-0.3, -0.25) is 14.4 Å². The molecule has 1 heterocycles. The summed E-state index contributed by atoms with van der Waals surface area (Å²) >= 11 is 1.11. The Labute approximate surface area is 226 Å². The van der Waals surface area contributed by atoms with Crippen LogP contribution in [-0.4, -0.2) is 68.7 Å². The Morgan fingerprint density at radius 3 is 2.36 bits per heavy atom. The van der Waals surface area contributed by atoms with Crippen LogP contribution < -0.4 is 10.0 Å². The van der Waals surface area contributed by atoms with Crippen molar-refractivity contribution in [1.29, 1.82) is 0 Å². The molecule has 0 unspecified atom stereocenters. The van der Waals surface area contributed by atoms with Crippen molar-refractivity contribution in [2.24, 2.45) is 7.05 Å². The number of Topliss-reactive ketones (excluding diaryl/α,β-unsaturated/α-hetero) is 1. The van der Waals surface area contributed by atoms with Gasteiger partial charge >= 0.3 is 11.9 Å². The van der Waals surface area contributed by atoms with Gasteiger partial charge in [0.2, 0.25) is 10.0 Å². The number of benzene rings is 2. The second-order valence-corrected chi connectivity index (χ2v) is 10.9. The van der Waals surface area contributed by atoms with Gasteiger partial charge in [0.05, 0.1) is 23.1 Å². The number of thioether (sulfide) groups is 1. The van der Waals surface area contributed by atoms with Gasteiger partial charge in [0, 0.05) is 31.5 Å². The number of aromatic carboxylic acids is 1. The van der Waals surface area contributed by atoms with Crippen LogP contribution in [-0.2, 0) is 33.2 Å². The molecule has 206 valence electrons. The van der Waals surface area contributed by atoms with E-state index in [2.05, 4.69) is 15.0 Å². The number of hydrogen-bond acceptors (Lipinski definition) is 9. The van der Waals surface area contributed by atoms with Crippen LogP contribution in [0.5, 0.6) is 5.75 Å². The van der Waals surface area contributed by atoms with Crippen molar-refractivity contribution in [2.75, 3.05) is 5.75 Å². The zero-order chi connectivity index (χ0) is 28.7. The van der Waals surface area contributed by atoms with Crippen LogP contribution in [0.4, 0.5) is 0 Å². The lowest BCUT2D eigenvalue weighted by atomic mass is 10.1. The lowest BCUT2D eigenvalue weighted by Gasteiger charge is -2.16. The molecular formula is C24H24N4O9S2. The van der Waals surface area contributed by atoms with E-state index in [9.17, 15) is 37.8 Å². The molecule has 0 bridgehead atoms. The van der Waals surface area contributed by atoms with Crippen molar-refractivity contribution < 1.29 is 42.9 Å². The molecule has 0 aliphatic heterocycles. The van der Waals surface area contributed by atoms with Gasteiger partial charge in [0.15, 0.2) is 10.9 Å². The number of phenols is 1. The van der Waals surface area contributed by atoms with E-state index >= 15 is 0 Å². The number of aliphatic carboxylic acids is 1. The van der Waals surface area contributed by atoms with Crippen LogP contribution in [0.1, 0.15) is 32.7 Å². The summed E-state index contributed by atoms with van der Waals surface area (Å²) in [5.74, 6) is -4.61. The highest BCUT2D eigenvalue weighted by Crippen LogP contribution is 2.21. The van der Waals surface area contributed by atoms with Crippen LogP contribution in [0.25, 0.3) is 0 Å². The van der Waals surface area contributed by atoms with E-state index in [4.69, 9.17) is 5.11 Å². The summed E-state index contributed by atoms with van der Waals surface area (Å²) in [6.45, 7) is -0.196. The van der Waals surface area contributed by atoms with Crippen LogP contribution in [0.2, 0.25) is 0 Å². The van der Waals surface area contributed by atoms with Crippen molar-refractivity contribution in [3.05, 3.63) is 71.5 Å². The number of nitrogens with zero attached hydrogens (tertiary/aromatic N) is 2. The molecule has 15 heteroatoms. The Morgan fingerprint density at radius 1 is 1.08 bits per heavy atom. The fraction of sp³-hybridized carbons (Fsp3) is 0.208. The van der Waals surface area contributed by atoms with Gasteiger partial charge in [0.1, 0.15) is 11.3 Å². The number of carboxylic acids is 2. The van der Waals surface area contributed by atoms with E-state index < -0.39 is 57.4 Å². The fourth-order valence-electron chi connectivity index (χ4n) is 3.28. The number of hydrogen-bond donors (Lipinski definition) is 5. The molecule has 0 aliphatic rings. The molecule has 0 fully saturated rings. The molecule has 0 saturated heterocycles. The van der Waals surface area contributed by atoms with E-state index in [-0.39, 0.29) is 22.8 Å². The summed E-state index contributed by atoms with van der Waals surface area (Å²) in [5.41, 5.74) is 0.00586. The third-order valence-electron chi connectivity index (χ3n) is 5.38. The monoisotopic (exact) mass is 576 g/mol. The normalized spacial score (nSPS) is 12.0. The number of imidazole rings is 1. The molecule has 0 spiro atoms. The summed E-state index contributed by atoms with van der Waals surface area (Å²) in [5, 5.41) is 30.8. The second kappa shape index (κ2) is 12.6. The highest BCUT2D eigenvalue weighted by molar-refractivity contribution is 7.99. The minimum Gasteiger partial charge on any atom is -0.507 e. The number of carbonyl (C=O) groups excluding carboxylic acids is 2. The Bertz CT molecular complexity index is 1500. The van der Waals surface area contributed by atoms with E-state index in [0.717, 1.165) is 30.0 Å². The van der Waals surface area contributed by atoms with E-state index in [0.29, 0.717) is 10.7 Å². The average Bonchev–Trinajstić information content (AvgIpc) is 3.30. The SMILES string of the molecule is Cn1ccnc1SCC(=O)[C@H](CC(=O)O)NC(=O)c1ccc(CNS(=O)(=O)c2ccc(O)c(C(=O)O)c2)cc1. The van der Waals surface area contributed by atoms with E-state index in [1.807, 2.05) is 0 Å². The number of ketones is 1. The minimum absolute atomic E-state index is 0.100. The molecule has 0 aliphatic carbocycles. The predicted octanol–water partition coefficient (Wildman–Crippen LogP) is 1.24. The number of aromatic hydroxyl groups is 1.